The Morgan fingerprint density at radius 1 is 0.357 bits per heavy atom. The number of hydrogen-bond donors (Lipinski definition) is 0. The quantitative estimate of drug-likeness (QED) is 0.105. The molecule has 10 rings (SSSR count). The molecule has 0 saturated heterocycles. The molecule has 0 N–H and O–H groups in total. The fourth-order valence-corrected chi connectivity index (χ4v) is 9.32. The van der Waals surface area contributed by atoms with Crippen LogP contribution in [-0.2, 0) is 0 Å². The Balaban J connectivity index is 0.950. The predicted octanol–water partition coefficient (Wildman–Crippen LogP) is 19.2. The molecule has 0 fully saturated rings. The third-order valence-corrected chi connectivity index (χ3v) is 12.9. The summed E-state index contributed by atoms with van der Waals surface area (Å²) in [7, 11) is 0. The van der Waals surface area contributed by atoms with Crippen molar-refractivity contribution in [3.63, 3.8) is 0 Å². The Morgan fingerprint density at radius 2 is 0.814 bits per heavy atom. The van der Waals surface area contributed by atoms with Gasteiger partial charge in [0.2, 0.25) is 0 Å². The lowest BCUT2D eigenvalue weighted by molar-refractivity contribution is 1.32. The normalized spacial score (nSPS) is 12.0. The van der Waals surface area contributed by atoms with Gasteiger partial charge in [-0.25, -0.2) is 4.98 Å². The first-order chi connectivity index (χ1) is 34.5. The van der Waals surface area contributed by atoms with Crippen LogP contribution in [0.1, 0.15) is 19.4 Å². The number of pyridine rings is 1. The number of rotatable bonds is 13. The maximum absolute atomic E-state index is 5.32. The molecule has 9 aromatic carbocycles. The van der Waals surface area contributed by atoms with E-state index >= 15 is 0 Å². The van der Waals surface area contributed by atoms with Gasteiger partial charge in [0.05, 0.1) is 11.4 Å². The molecule has 0 saturated carbocycles. The van der Waals surface area contributed by atoms with Crippen LogP contribution in [-0.4, -0.2) is 4.98 Å². The topological polar surface area (TPSA) is 12.9 Å². The Bertz CT molecular complexity index is 3600. The molecule has 0 bridgehead atoms. The van der Waals surface area contributed by atoms with Crippen LogP contribution >= 0.6 is 0 Å². The van der Waals surface area contributed by atoms with E-state index in [-0.39, 0.29) is 0 Å². The van der Waals surface area contributed by atoms with Gasteiger partial charge in [0, 0.05) is 11.1 Å². The molecule has 0 atom stereocenters. The number of hydrogen-bond acceptors (Lipinski definition) is 1. The summed E-state index contributed by atoms with van der Waals surface area (Å²) < 4.78 is 0. The van der Waals surface area contributed by atoms with E-state index < -0.39 is 0 Å². The minimum absolute atomic E-state index is 0.925. The highest BCUT2D eigenvalue weighted by Crippen LogP contribution is 2.37. The van der Waals surface area contributed by atoms with Gasteiger partial charge in [-0.05, 0) is 144 Å². The summed E-state index contributed by atoms with van der Waals surface area (Å²) in [5.41, 5.74) is 21.4. The van der Waals surface area contributed by atoms with E-state index in [1.54, 1.807) is 0 Å². The first-order valence-electron chi connectivity index (χ1n) is 24.0. The van der Waals surface area contributed by atoms with Crippen LogP contribution in [0.3, 0.4) is 0 Å². The zero-order valence-corrected chi connectivity index (χ0v) is 39.6. The summed E-state index contributed by atoms with van der Waals surface area (Å²) in [4.78, 5) is 5.32. The Labute approximate surface area is 413 Å². The number of aromatic nitrogens is 1. The molecule has 0 amide bonds. The van der Waals surface area contributed by atoms with Gasteiger partial charge in [0.15, 0.2) is 0 Å². The molecular weight excluding hydrogens is 843 g/mol. The summed E-state index contributed by atoms with van der Waals surface area (Å²) >= 11 is 0. The molecule has 0 aliphatic heterocycles. The molecular formula is C69H53N. The number of nitrogens with zero attached hydrogens (tertiary/aromatic N) is 1. The van der Waals surface area contributed by atoms with E-state index in [1.807, 2.05) is 32.1 Å². The largest absolute Gasteiger partial charge is 0.248 e. The van der Waals surface area contributed by atoms with Crippen LogP contribution in [0.5, 0.6) is 0 Å². The molecule has 1 nitrogen and oxygen atoms in total. The van der Waals surface area contributed by atoms with Gasteiger partial charge in [0.25, 0.3) is 0 Å². The molecule has 0 aliphatic carbocycles. The van der Waals surface area contributed by atoms with Crippen molar-refractivity contribution >= 4 is 16.3 Å². The van der Waals surface area contributed by atoms with E-state index in [9.17, 15) is 0 Å². The minimum Gasteiger partial charge on any atom is -0.248 e. The van der Waals surface area contributed by atoms with Crippen molar-refractivity contribution in [1.29, 1.82) is 0 Å². The molecule has 334 valence electrons. The second-order valence-electron chi connectivity index (χ2n) is 17.5. The number of allylic oxidation sites excluding steroid dienone is 9. The molecule has 0 spiro atoms. The van der Waals surface area contributed by atoms with Crippen molar-refractivity contribution in [3.05, 3.63) is 291 Å². The highest BCUT2D eigenvalue weighted by molar-refractivity contribution is 5.97. The average Bonchev–Trinajstić information content (AvgIpc) is 3.44. The fourth-order valence-electron chi connectivity index (χ4n) is 9.32. The van der Waals surface area contributed by atoms with Crippen LogP contribution < -0.4 is 0 Å². The maximum Gasteiger partial charge on any atom is 0.0715 e. The first kappa shape index (κ1) is 44.9. The molecule has 0 unspecified atom stereocenters. The first-order valence-corrected chi connectivity index (χ1v) is 24.0. The third-order valence-electron chi connectivity index (χ3n) is 12.9. The fraction of sp³-hybridized carbons (Fsp3) is 0.0290. The molecule has 1 aromatic heterocycles. The molecule has 1 heterocycles. The van der Waals surface area contributed by atoms with Gasteiger partial charge >= 0.3 is 0 Å². The summed E-state index contributed by atoms with van der Waals surface area (Å²) in [6.45, 7) is 8.17. The zero-order chi connectivity index (χ0) is 47.7. The van der Waals surface area contributed by atoms with Crippen LogP contribution in [0.25, 0.3) is 106 Å². The van der Waals surface area contributed by atoms with Crippen molar-refractivity contribution in [3.8, 4) is 89.3 Å². The van der Waals surface area contributed by atoms with Gasteiger partial charge in [-0.2, -0.15) is 0 Å². The van der Waals surface area contributed by atoms with Crippen molar-refractivity contribution in [1.82, 2.24) is 4.98 Å². The second-order valence-corrected chi connectivity index (χ2v) is 17.5. The summed E-state index contributed by atoms with van der Waals surface area (Å²) in [6.07, 6.45) is 14.4. The van der Waals surface area contributed by atoms with Crippen molar-refractivity contribution in [2.45, 2.75) is 13.8 Å². The summed E-state index contributed by atoms with van der Waals surface area (Å²) in [5.74, 6) is 0. The molecule has 1 heteroatoms. The SMILES string of the molecule is C=CC(/C=C\C=C/C)=C(\C=C/C)c1ccc(-c2cccc(-c3cccc(-c4cc(-c5cccc(-c6cccc(-c7ccc(-c8cccc9ccccc89)cc7)c6)c5)cc(-c5ccccc5)n4)c3)c2)cc1. The standard InChI is InChI=1S/C69H53N/c1-4-7-9-20-49(6-3)65(19-5-2)53-39-35-50(36-40-53)57-26-15-28-59(44-57)61-30-17-32-63(46-61)69-48-64(47-68(70-69)55-22-10-8-11-23-55)62-31-16-29-60(45-62)58-27-14-25-56(43-58)51-37-41-54(42-38-51)67-34-18-24-52-21-12-13-33-66(52)67/h4-48H,3H2,1-2H3/b7-4-,19-5-,20-9-,65-49-. The number of benzene rings is 9. The maximum atomic E-state index is 5.32. The lowest BCUT2D eigenvalue weighted by Gasteiger charge is -2.13. The van der Waals surface area contributed by atoms with E-state index in [0.29, 0.717) is 0 Å². The summed E-state index contributed by atoms with van der Waals surface area (Å²) in [5, 5.41) is 2.52. The Morgan fingerprint density at radius 3 is 1.40 bits per heavy atom. The van der Waals surface area contributed by atoms with Gasteiger partial charge in [0.1, 0.15) is 0 Å². The average molecular weight is 896 g/mol. The van der Waals surface area contributed by atoms with E-state index in [1.165, 1.54) is 38.6 Å². The van der Waals surface area contributed by atoms with Gasteiger partial charge < -0.3 is 0 Å². The van der Waals surface area contributed by atoms with Gasteiger partial charge in [-0.1, -0.05) is 243 Å². The third kappa shape index (κ3) is 9.88. The van der Waals surface area contributed by atoms with Crippen molar-refractivity contribution in [2.24, 2.45) is 0 Å². The summed E-state index contributed by atoms with van der Waals surface area (Å²) in [6, 6.07) is 83.2. The van der Waals surface area contributed by atoms with Gasteiger partial charge in [-0.3, -0.25) is 0 Å². The van der Waals surface area contributed by atoms with Crippen molar-refractivity contribution in [2.75, 3.05) is 0 Å². The Kier molecular flexibility index (Phi) is 13.4. The van der Waals surface area contributed by atoms with Crippen LogP contribution in [0.4, 0.5) is 0 Å². The van der Waals surface area contributed by atoms with Gasteiger partial charge in [-0.15, -0.1) is 0 Å². The van der Waals surface area contributed by atoms with E-state index in [0.717, 1.165) is 78.2 Å². The lowest BCUT2D eigenvalue weighted by Crippen LogP contribution is -1.92. The number of fused-ring (bicyclic) bond motifs is 1. The minimum atomic E-state index is 0.925. The second kappa shape index (κ2) is 20.9. The van der Waals surface area contributed by atoms with Crippen LogP contribution in [0.15, 0.2) is 285 Å². The lowest BCUT2D eigenvalue weighted by atomic mass is 9.93. The highest BCUT2D eigenvalue weighted by Gasteiger charge is 2.13. The zero-order valence-electron chi connectivity index (χ0n) is 39.6. The monoisotopic (exact) mass is 895 g/mol. The highest BCUT2D eigenvalue weighted by atomic mass is 14.7. The molecule has 0 aliphatic rings. The predicted molar refractivity (Wildman–Crippen MR) is 301 cm³/mol. The Hall–Kier alpha value is -8.91. The molecule has 0 radical (unpaired) electrons. The van der Waals surface area contributed by atoms with Crippen molar-refractivity contribution < 1.29 is 0 Å². The van der Waals surface area contributed by atoms with Crippen LogP contribution in [0.2, 0.25) is 0 Å². The van der Waals surface area contributed by atoms with E-state index in [4.69, 9.17) is 4.98 Å². The molecule has 70 heavy (non-hydrogen) atoms. The van der Waals surface area contributed by atoms with Crippen LogP contribution in [0, 0.1) is 0 Å². The smallest absolute Gasteiger partial charge is 0.0715 e. The molecule has 10 aromatic rings. The van der Waals surface area contributed by atoms with E-state index in [2.05, 4.69) is 261 Å².